The molecule has 0 unspecified atom stereocenters. The molecule has 0 saturated heterocycles. The zero-order valence-corrected chi connectivity index (χ0v) is 13.3. The van der Waals surface area contributed by atoms with Crippen LogP contribution in [0.1, 0.15) is 15.9 Å². The first-order valence-electron chi connectivity index (χ1n) is 6.44. The van der Waals surface area contributed by atoms with Crippen LogP contribution in [0.5, 0.6) is 0 Å². The SMILES string of the molecule is Cc1ccc(C(=O)Nc2ncccn2)cc1S(=O)(=O)N(C)C. The van der Waals surface area contributed by atoms with E-state index < -0.39 is 15.9 Å². The molecule has 1 amide bonds. The van der Waals surface area contributed by atoms with Gasteiger partial charge in [-0.05, 0) is 30.7 Å². The van der Waals surface area contributed by atoms with Crippen molar-refractivity contribution in [1.29, 1.82) is 0 Å². The number of hydrogen-bond acceptors (Lipinski definition) is 5. The molecular weight excluding hydrogens is 304 g/mol. The van der Waals surface area contributed by atoms with Gasteiger partial charge >= 0.3 is 0 Å². The van der Waals surface area contributed by atoms with Gasteiger partial charge in [0, 0.05) is 32.1 Å². The third-order valence-electron chi connectivity index (χ3n) is 3.00. The number of anilines is 1. The van der Waals surface area contributed by atoms with Crippen LogP contribution >= 0.6 is 0 Å². The number of benzene rings is 1. The van der Waals surface area contributed by atoms with Crippen molar-refractivity contribution >= 4 is 21.9 Å². The van der Waals surface area contributed by atoms with Crippen LogP contribution in [0.3, 0.4) is 0 Å². The molecule has 1 aromatic heterocycles. The van der Waals surface area contributed by atoms with Crippen molar-refractivity contribution in [2.75, 3.05) is 19.4 Å². The van der Waals surface area contributed by atoms with Crippen molar-refractivity contribution < 1.29 is 13.2 Å². The Morgan fingerprint density at radius 3 is 2.41 bits per heavy atom. The Bertz CT molecular complexity index is 789. The predicted octanol–water partition coefficient (Wildman–Crippen LogP) is 1.29. The van der Waals surface area contributed by atoms with E-state index in [-0.39, 0.29) is 16.4 Å². The molecule has 1 aromatic carbocycles. The van der Waals surface area contributed by atoms with E-state index in [0.29, 0.717) is 5.56 Å². The number of amides is 1. The monoisotopic (exact) mass is 320 g/mol. The summed E-state index contributed by atoms with van der Waals surface area (Å²) in [4.78, 5) is 20.1. The zero-order chi connectivity index (χ0) is 16.3. The highest BCUT2D eigenvalue weighted by molar-refractivity contribution is 7.89. The third-order valence-corrected chi connectivity index (χ3v) is 4.96. The minimum Gasteiger partial charge on any atom is -0.290 e. The molecule has 0 aliphatic rings. The topological polar surface area (TPSA) is 92.3 Å². The summed E-state index contributed by atoms with van der Waals surface area (Å²) in [6.07, 6.45) is 3.00. The maximum Gasteiger partial charge on any atom is 0.258 e. The molecule has 2 aromatic rings. The Hall–Kier alpha value is -2.32. The van der Waals surface area contributed by atoms with E-state index in [2.05, 4.69) is 15.3 Å². The van der Waals surface area contributed by atoms with Gasteiger partial charge in [-0.15, -0.1) is 0 Å². The van der Waals surface area contributed by atoms with Gasteiger partial charge in [0.2, 0.25) is 16.0 Å². The second-order valence-corrected chi connectivity index (χ2v) is 6.91. The lowest BCUT2D eigenvalue weighted by Gasteiger charge is -2.14. The molecule has 1 N–H and O–H groups in total. The second-order valence-electron chi connectivity index (χ2n) is 4.79. The quantitative estimate of drug-likeness (QED) is 0.916. The maximum atomic E-state index is 12.3. The molecule has 0 atom stereocenters. The fourth-order valence-corrected chi connectivity index (χ4v) is 2.90. The molecule has 7 nitrogen and oxygen atoms in total. The van der Waals surface area contributed by atoms with Crippen molar-refractivity contribution in [1.82, 2.24) is 14.3 Å². The fourth-order valence-electron chi connectivity index (χ4n) is 1.75. The van der Waals surface area contributed by atoms with E-state index in [0.717, 1.165) is 4.31 Å². The largest absolute Gasteiger partial charge is 0.290 e. The first-order chi connectivity index (χ1) is 10.3. The highest BCUT2D eigenvalue weighted by atomic mass is 32.2. The van der Waals surface area contributed by atoms with Crippen LogP contribution < -0.4 is 5.32 Å². The summed E-state index contributed by atoms with van der Waals surface area (Å²) in [5.74, 6) is -0.313. The number of aryl methyl sites for hydroxylation is 1. The highest BCUT2D eigenvalue weighted by Crippen LogP contribution is 2.20. The molecule has 0 fully saturated rings. The Balaban J connectivity index is 2.36. The molecule has 0 radical (unpaired) electrons. The molecule has 0 spiro atoms. The molecule has 2 rings (SSSR count). The average Bonchev–Trinajstić information content (AvgIpc) is 2.48. The summed E-state index contributed by atoms with van der Waals surface area (Å²) in [6.45, 7) is 1.68. The van der Waals surface area contributed by atoms with Gasteiger partial charge in [0.1, 0.15) is 0 Å². The van der Waals surface area contributed by atoms with E-state index in [9.17, 15) is 13.2 Å². The number of carbonyl (C=O) groups excluding carboxylic acids is 1. The van der Waals surface area contributed by atoms with Gasteiger partial charge in [-0.2, -0.15) is 0 Å². The average molecular weight is 320 g/mol. The van der Waals surface area contributed by atoms with Crippen LogP contribution in [0, 0.1) is 6.92 Å². The van der Waals surface area contributed by atoms with Gasteiger partial charge in [0.25, 0.3) is 5.91 Å². The summed E-state index contributed by atoms with van der Waals surface area (Å²) in [7, 11) is -0.727. The number of nitrogens with one attached hydrogen (secondary N) is 1. The Kier molecular flexibility index (Phi) is 4.53. The lowest BCUT2D eigenvalue weighted by atomic mass is 10.1. The van der Waals surface area contributed by atoms with E-state index in [1.54, 1.807) is 25.1 Å². The van der Waals surface area contributed by atoms with Crippen LogP contribution in [0.4, 0.5) is 5.95 Å². The number of sulfonamides is 1. The second kappa shape index (κ2) is 6.20. The molecule has 1 heterocycles. The van der Waals surface area contributed by atoms with Crippen molar-refractivity contribution in [3.8, 4) is 0 Å². The molecule has 0 saturated carbocycles. The van der Waals surface area contributed by atoms with E-state index in [4.69, 9.17) is 0 Å². The predicted molar refractivity (Wildman–Crippen MR) is 82.0 cm³/mol. The van der Waals surface area contributed by atoms with Crippen molar-refractivity contribution in [3.05, 3.63) is 47.8 Å². The van der Waals surface area contributed by atoms with Crippen LogP contribution in [-0.2, 0) is 10.0 Å². The highest BCUT2D eigenvalue weighted by Gasteiger charge is 2.21. The van der Waals surface area contributed by atoms with Crippen LogP contribution in [-0.4, -0.2) is 42.7 Å². The molecule has 0 bridgehead atoms. The van der Waals surface area contributed by atoms with Crippen molar-refractivity contribution in [3.63, 3.8) is 0 Å². The summed E-state index contributed by atoms with van der Waals surface area (Å²) < 4.78 is 25.6. The molecule has 0 aliphatic carbocycles. The summed E-state index contributed by atoms with van der Waals surface area (Å²) >= 11 is 0. The number of hydrogen-bond donors (Lipinski definition) is 1. The van der Waals surface area contributed by atoms with Gasteiger partial charge in [-0.25, -0.2) is 22.7 Å². The van der Waals surface area contributed by atoms with Gasteiger partial charge in [-0.1, -0.05) is 6.07 Å². The standard InChI is InChI=1S/C14H16N4O3S/c1-10-5-6-11(9-12(10)22(20,21)18(2)3)13(19)17-14-15-7-4-8-16-14/h4-9H,1-3H3,(H,15,16,17,19). The minimum absolute atomic E-state index is 0.0964. The molecular formula is C14H16N4O3S. The lowest BCUT2D eigenvalue weighted by molar-refractivity contribution is 0.102. The molecule has 0 aliphatic heterocycles. The number of nitrogens with zero attached hydrogens (tertiary/aromatic N) is 3. The van der Waals surface area contributed by atoms with Crippen LogP contribution in [0.15, 0.2) is 41.6 Å². The first kappa shape index (κ1) is 16.1. The molecule has 22 heavy (non-hydrogen) atoms. The van der Waals surface area contributed by atoms with E-state index >= 15 is 0 Å². The van der Waals surface area contributed by atoms with Crippen molar-refractivity contribution in [2.24, 2.45) is 0 Å². The molecule has 116 valence electrons. The van der Waals surface area contributed by atoms with Gasteiger partial charge in [0.15, 0.2) is 0 Å². The van der Waals surface area contributed by atoms with E-state index in [1.807, 2.05) is 0 Å². The summed E-state index contributed by atoms with van der Waals surface area (Å²) in [5.41, 5.74) is 0.791. The van der Waals surface area contributed by atoms with Crippen molar-refractivity contribution in [2.45, 2.75) is 11.8 Å². The first-order valence-corrected chi connectivity index (χ1v) is 7.88. The maximum absolute atomic E-state index is 12.3. The number of carbonyl (C=O) groups is 1. The zero-order valence-electron chi connectivity index (χ0n) is 12.4. The summed E-state index contributed by atoms with van der Waals surface area (Å²) in [5, 5.41) is 2.52. The van der Waals surface area contributed by atoms with E-state index in [1.165, 1.54) is 32.6 Å². The lowest BCUT2D eigenvalue weighted by Crippen LogP contribution is -2.24. The fraction of sp³-hybridized carbons (Fsp3) is 0.214. The van der Waals surface area contributed by atoms with Gasteiger partial charge < -0.3 is 0 Å². The smallest absolute Gasteiger partial charge is 0.258 e. The molecule has 8 heteroatoms. The van der Waals surface area contributed by atoms with Gasteiger partial charge in [0.05, 0.1) is 4.90 Å². The third kappa shape index (κ3) is 3.29. The number of rotatable bonds is 4. The normalized spacial score (nSPS) is 11.5. The summed E-state index contributed by atoms with van der Waals surface area (Å²) in [6, 6.07) is 6.13. The Labute approximate surface area is 129 Å². The van der Waals surface area contributed by atoms with Crippen LogP contribution in [0.25, 0.3) is 0 Å². The minimum atomic E-state index is -3.61. The van der Waals surface area contributed by atoms with Crippen LogP contribution in [0.2, 0.25) is 0 Å². The number of aromatic nitrogens is 2. The Morgan fingerprint density at radius 2 is 1.82 bits per heavy atom. The van der Waals surface area contributed by atoms with Gasteiger partial charge in [-0.3, -0.25) is 10.1 Å². The Morgan fingerprint density at radius 1 is 1.18 bits per heavy atom.